The lowest BCUT2D eigenvalue weighted by Crippen LogP contribution is -2.61. The maximum Gasteiger partial charge on any atom is 0.460 e. The van der Waals surface area contributed by atoms with Crippen molar-refractivity contribution in [2.24, 2.45) is 11.8 Å². The van der Waals surface area contributed by atoms with Crippen molar-refractivity contribution in [3.8, 4) is 0 Å². The monoisotopic (exact) mass is 397 g/mol. The molecule has 11 heteroatoms. The van der Waals surface area contributed by atoms with E-state index in [0.29, 0.717) is 6.42 Å². The third-order valence-corrected chi connectivity index (χ3v) is 3.27. The van der Waals surface area contributed by atoms with E-state index < -0.39 is 35.9 Å². The summed E-state index contributed by atoms with van der Waals surface area (Å²) in [6.07, 6.45) is -6.50. The highest BCUT2D eigenvalue weighted by Gasteiger charge is 2.76. The van der Waals surface area contributed by atoms with Gasteiger partial charge in [-0.05, 0) is 24.7 Å². The minimum Gasteiger partial charge on any atom is -0.464 e. The number of ether oxygens (including phenoxy) is 1. The SMILES string of the molecule is CC(C)CCOC(=O)C(CC(C)C)NC(=O)C(F)(F)C(F)(F)C(F)(F)F. The predicted octanol–water partition coefficient (Wildman–Crippen LogP) is 3.94. The Morgan fingerprint density at radius 3 is 1.81 bits per heavy atom. The highest BCUT2D eigenvalue weighted by molar-refractivity contribution is 5.89. The number of hydrogen-bond donors (Lipinski definition) is 1. The maximum atomic E-state index is 13.4. The minimum atomic E-state index is -6.64. The number of carbonyl (C=O) groups excluding carboxylic acids is 2. The topological polar surface area (TPSA) is 55.4 Å². The highest BCUT2D eigenvalue weighted by Crippen LogP contribution is 2.46. The molecule has 0 saturated carbocycles. The fraction of sp³-hybridized carbons (Fsp3) is 0.867. The first kappa shape index (κ1) is 24.5. The molecule has 0 aromatic carbocycles. The molecule has 0 spiro atoms. The van der Waals surface area contributed by atoms with Gasteiger partial charge < -0.3 is 10.1 Å². The Labute approximate surface area is 146 Å². The lowest BCUT2D eigenvalue weighted by atomic mass is 10.0. The quantitative estimate of drug-likeness (QED) is 0.474. The summed E-state index contributed by atoms with van der Waals surface area (Å²) in [5.41, 5.74) is 0. The van der Waals surface area contributed by atoms with Crippen LogP contribution >= 0.6 is 0 Å². The fourth-order valence-electron chi connectivity index (χ4n) is 1.75. The normalized spacial score (nSPS) is 14.5. The van der Waals surface area contributed by atoms with Crippen LogP contribution in [0.5, 0.6) is 0 Å². The van der Waals surface area contributed by atoms with Crippen molar-refractivity contribution in [3.05, 3.63) is 0 Å². The molecule has 1 atom stereocenters. The van der Waals surface area contributed by atoms with Crippen molar-refractivity contribution in [1.29, 1.82) is 0 Å². The summed E-state index contributed by atoms with van der Waals surface area (Å²) in [7, 11) is 0. The maximum absolute atomic E-state index is 13.4. The second kappa shape index (κ2) is 8.90. The van der Waals surface area contributed by atoms with Crippen LogP contribution in [0.15, 0.2) is 0 Å². The van der Waals surface area contributed by atoms with Gasteiger partial charge >= 0.3 is 24.0 Å². The minimum absolute atomic E-state index is 0.115. The van der Waals surface area contributed by atoms with Gasteiger partial charge in [0, 0.05) is 0 Å². The zero-order chi connectivity index (χ0) is 20.9. The number of nitrogens with one attached hydrogen (secondary N) is 1. The van der Waals surface area contributed by atoms with Gasteiger partial charge in [0.05, 0.1) is 6.61 Å². The molecule has 0 aliphatic rings. The van der Waals surface area contributed by atoms with Gasteiger partial charge in [0.25, 0.3) is 5.91 Å². The van der Waals surface area contributed by atoms with Gasteiger partial charge in [-0.15, -0.1) is 0 Å². The standard InChI is InChI=1S/C15H22F7NO3/c1-8(2)5-6-26-11(24)10(7-9(3)4)23-12(25)13(16,17)14(18,19)15(20,21)22/h8-10H,5-7H2,1-4H3,(H,23,25). The number of amides is 1. The summed E-state index contributed by atoms with van der Waals surface area (Å²) >= 11 is 0. The first-order valence-corrected chi connectivity index (χ1v) is 7.84. The number of hydrogen-bond acceptors (Lipinski definition) is 3. The van der Waals surface area contributed by atoms with Crippen LogP contribution in [0.4, 0.5) is 30.7 Å². The molecule has 0 fully saturated rings. The number of carbonyl (C=O) groups is 2. The van der Waals surface area contributed by atoms with E-state index >= 15 is 0 Å². The predicted molar refractivity (Wildman–Crippen MR) is 77.7 cm³/mol. The van der Waals surface area contributed by atoms with Crippen LogP contribution in [0.25, 0.3) is 0 Å². The van der Waals surface area contributed by atoms with Crippen molar-refractivity contribution in [2.45, 2.75) is 64.6 Å². The number of halogens is 7. The summed E-state index contributed by atoms with van der Waals surface area (Å²) in [6, 6.07) is -1.77. The number of esters is 1. The molecule has 0 aromatic rings. The molecule has 0 radical (unpaired) electrons. The Balaban J connectivity index is 5.26. The van der Waals surface area contributed by atoms with E-state index in [1.807, 2.05) is 0 Å². The molecule has 0 aliphatic carbocycles. The Bertz CT molecular complexity index is 490. The zero-order valence-electron chi connectivity index (χ0n) is 14.7. The van der Waals surface area contributed by atoms with Crippen molar-refractivity contribution in [2.75, 3.05) is 6.61 Å². The molecule has 0 aliphatic heterocycles. The summed E-state index contributed by atoms with van der Waals surface area (Å²) in [5, 5.41) is 1.26. The van der Waals surface area contributed by atoms with E-state index in [2.05, 4.69) is 0 Å². The van der Waals surface area contributed by atoms with E-state index in [-0.39, 0.29) is 24.9 Å². The number of rotatable bonds is 9. The highest BCUT2D eigenvalue weighted by atomic mass is 19.4. The third-order valence-electron chi connectivity index (χ3n) is 3.27. The van der Waals surface area contributed by atoms with Gasteiger partial charge in [-0.1, -0.05) is 27.7 Å². The molecule has 1 amide bonds. The third kappa shape index (κ3) is 6.31. The molecular weight excluding hydrogens is 375 g/mol. The summed E-state index contributed by atoms with van der Waals surface area (Å²) < 4.78 is 93.8. The zero-order valence-corrected chi connectivity index (χ0v) is 14.7. The second-order valence-corrected chi connectivity index (χ2v) is 6.65. The average molecular weight is 397 g/mol. The van der Waals surface area contributed by atoms with Crippen LogP contribution in [0.1, 0.15) is 40.5 Å². The first-order chi connectivity index (χ1) is 11.5. The van der Waals surface area contributed by atoms with Gasteiger partial charge in [0.15, 0.2) is 0 Å². The molecule has 0 saturated heterocycles. The van der Waals surface area contributed by atoms with E-state index in [4.69, 9.17) is 4.74 Å². The van der Waals surface area contributed by atoms with Crippen molar-refractivity contribution in [3.63, 3.8) is 0 Å². The van der Waals surface area contributed by atoms with E-state index in [9.17, 15) is 40.3 Å². The van der Waals surface area contributed by atoms with Crippen LogP contribution in [0.2, 0.25) is 0 Å². The van der Waals surface area contributed by atoms with Crippen LogP contribution in [0.3, 0.4) is 0 Å². The average Bonchev–Trinajstić information content (AvgIpc) is 2.43. The van der Waals surface area contributed by atoms with Gasteiger partial charge in [0.2, 0.25) is 0 Å². The smallest absolute Gasteiger partial charge is 0.460 e. The van der Waals surface area contributed by atoms with Crippen LogP contribution in [-0.4, -0.2) is 42.5 Å². The van der Waals surface area contributed by atoms with Crippen LogP contribution in [-0.2, 0) is 14.3 Å². The Hall–Kier alpha value is -1.55. The molecule has 1 N–H and O–H groups in total. The lowest BCUT2D eigenvalue weighted by Gasteiger charge is -2.28. The molecule has 26 heavy (non-hydrogen) atoms. The molecular formula is C15H22F7NO3. The van der Waals surface area contributed by atoms with E-state index in [1.54, 1.807) is 13.8 Å². The molecule has 1 unspecified atom stereocenters. The van der Waals surface area contributed by atoms with Gasteiger partial charge in [0.1, 0.15) is 6.04 Å². The van der Waals surface area contributed by atoms with Crippen LogP contribution < -0.4 is 5.32 Å². The fourth-order valence-corrected chi connectivity index (χ4v) is 1.75. The van der Waals surface area contributed by atoms with Gasteiger partial charge in [-0.25, -0.2) is 4.79 Å². The van der Waals surface area contributed by atoms with E-state index in [0.717, 1.165) is 0 Å². The summed E-state index contributed by atoms with van der Waals surface area (Å²) in [5.74, 6) is -17.0. The molecule has 0 rings (SSSR count). The second-order valence-electron chi connectivity index (χ2n) is 6.65. The first-order valence-electron chi connectivity index (χ1n) is 7.84. The van der Waals surface area contributed by atoms with Crippen molar-refractivity contribution < 1.29 is 45.1 Å². The molecule has 0 aromatic heterocycles. The van der Waals surface area contributed by atoms with Crippen molar-refractivity contribution in [1.82, 2.24) is 5.32 Å². The number of alkyl halides is 7. The Morgan fingerprint density at radius 1 is 0.923 bits per heavy atom. The van der Waals surface area contributed by atoms with Crippen LogP contribution in [0, 0.1) is 11.8 Å². The molecule has 0 heterocycles. The largest absolute Gasteiger partial charge is 0.464 e. The summed E-state index contributed by atoms with van der Waals surface area (Å²) in [6.45, 7) is 6.56. The molecule has 154 valence electrons. The Kier molecular flexibility index (Phi) is 8.37. The van der Waals surface area contributed by atoms with Gasteiger partial charge in [-0.2, -0.15) is 30.7 Å². The van der Waals surface area contributed by atoms with E-state index in [1.165, 1.54) is 19.2 Å². The Morgan fingerprint density at radius 2 is 1.42 bits per heavy atom. The lowest BCUT2D eigenvalue weighted by molar-refractivity contribution is -0.344. The van der Waals surface area contributed by atoms with Crippen molar-refractivity contribution >= 4 is 11.9 Å². The molecule has 0 bridgehead atoms. The summed E-state index contributed by atoms with van der Waals surface area (Å²) in [4.78, 5) is 23.3. The van der Waals surface area contributed by atoms with Gasteiger partial charge in [-0.3, -0.25) is 4.79 Å². The molecule has 4 nitrogen and oxygen atoms in total.